The highest BCUT2D eigenvalue weighted by Crippen LogP contribution is 2.41. The Labute approximate surface area is 141 Å². The average molecular weight is 329 g/mol. The first kappa shape index (κ1) is 16.0. The molecule has 0 aliphatic heterocycles. The number of amides is 2. The molecule has 2 N–H and O–H groups in total. The molecule has 0 radical (unpaired) electrons. The van der Waals surface area contributed by atoms with Gasteiger partial charge in [-0.15, -0.1) is 11.3 Å². The number of urea groups is 1. The topological polar surface area (TPSA) is 54.0 Å². The van der Waals surface area contributed by atoms with E-state index in [4.69, 9.17) is 0 Å². The quantitative estimate of drug-likeness (QED) is 0.835. The summed E-state index contributed by atoms with van der Waals surface area (Å²) in [6.07, 6.45) is 2.44. The Morgan fingerprint density at radius 2 is 1.96 bits per heavy atom. The third kappa shape index (κ3) is 4.10. The fraction of sp³-hybridized carbons (Fsp3) is 0.444. The summed E-state index contributed by atoms with van der Waals surface area (Å²) < 4.78 is 0. The van der Waals surface area contributed by atoms with Crippen LogP contribution in [-0.4, -0.2) is 11.0 Å². The SMILES string of the molecule is CC(C)(C)C(NC(=O)Nc1nc(C2CC2)cs1)c1ccccc1. The Kier molecular flexibility index (Phi) is 4.39. The molecular formula is C18H23N3OS. The second-order valence-electron chi connectivity index (χ2n) is 7.16. The van der Waals surface area contributed by atoms with E-state index in [0.717, 1.165) is 11.3 Å². The number of hydrogen-bond donors (Lipinski definition) is 2. The minimum Gasteiger partial charge on any atom is -0.330 e. The van der Waals surface area contributed by atoms with Crippen molar-refractivity contribution in [2.24, 2.45) is 5.41 Å². The van der Waals surface area contributed by atoms with Crippen molar-refractivity contribution in [3.05, 3.63) is 47.0 Å². The third-order valence-corrected chi connectivity index (χ3v) is 4.79. The molecule has 1 aromatic heterocycles. The highest BCUT2D eigenvalue weighted by atomic mass is 32.1. The van der Waals surface area contributed by atoms with E-state index in [1.54, 1.807) is 0 Å². The molecule has 5 heteroatoms. The van der Waals surface area contributed by atoms with Crippen LogP contribution in [0.2, 0.25) is 0 Å². The Morgan fingerprint density at radius 3 is 2.57 bits per heavy atom. The normalized spacial score (nSPS) is 16.0. The molecule has 2 aromatic rings. The van der Waals surface area contributed by atoms with Gasteiger partial charge in [-0.1, -0.05) is 51.1 Å². The van der Waals surface area contributed by atoms with Crippen LogP contribution < -0.4 is 10.6 Å². The van der Waals surface area contributed by atoms with Crippen LogP contribution in [0, 0.1) is 5.41 Å². The lowest BCUT2D eigenvalue weighted by atomic mass is 9.82. The molecule has 23 heavy (non-hydrogen) atoms. The number of carbonyl (C=O) groups excluding carboxylic acids is 1. The van der Waals surface area contributed by atoms with Crippen LogP contribution >= 0.6 is 11.3 Å². The van der Waals surface area contributed by atoms with Gasteiger partial charge in [-0.2, -0.15) is 0 Å². The van der Waals surface area contributed by atoms with Gasteiger partial charge in [0.1, 0.15) is 0 Å². The zero-order valence-corrected chi connectivity index (χ0v) is 14.6. The Hall–Kier alpha value is -1.88. The maximum atomic E-state index is 12.4. The maximum absolute atomic E-state index is 12.4. The number of carbonyl (C=O) groups is 1. The summed E-state index contributed by atoms with van der Waals surface area (Å²) in [7, 11) is 0. The van der Waals surface area contributed by atoms with Crippen LogP contribution in [0.5, 0.6) is 0 Å². The van der Waals surface area contributed by atoms with E-state index in [-0.39, 0.29) is 17.5 Å². The van der Waals surface area contributed by atoms with E-state index < -0.39 is 0 Å². The molecule has 1 saturated carbocycles. The van der Waals surface area contributed by atoms with Crippen LogP contribution in [0.15, 0.2) is 35.7 Å². The molecular weight excluding hydrogens is 306 g/mol. The van der Waals surface area contributed by atoms with E-state index in [9.17, 15) is 4.79 Å². The van der Waals surface area contributed by atoms with Gasteiger partial charge in [0.2, 0.25) is 0 Å². The summed E-state index contributed by atoms with van der Waals surface area (Å²) in [6.45, 7) is 6.37. The van der Waals surface area contributed by atoms with Gasteiger partial charge in [0.25, 0.3) is 0 Å². The standard InChI is InChI=1S/C18H23N3OS/c1-18(2,3)15(13-7-5-4-6-8-13)20-16(22)21-17-19-14(11-23-17)12-9-10-12/h4-8,11-12,15H,9-10H2,1-3H3,(H2,19,20,21,22). The second-order valence-corrected chi connectivity index (χ2v) is 8.02. The van der Waals surface area contributed by atoms with Gasteiger partial charge in [-0.3, -0.25) is 5.32 Å². The first-order valence-corrected chi connectivity index (χ1v) is 8.89. The van der Waals surface area contributed by atoms with Crippen LogP contribution in [0.1, 0.15) is 56.8 Å². The van der Waals surface area contributed by atoms with Crippen LogP contribution in [0.4, 0.5) is 9.93 Å². The van der Waals surface area contributed by atoms with Crippen LogP contribution in [-0.2, 0) is 0 Å². The predicted octanol–water partition coefficient (Wildman–Crippen LogP) is 4.93. The summed E-state index contributed by atoms with van der Waals surface area (Å²) >= 11 is 1.49. The summed E-state index contributed by atoms with van der Waals surface area (Å²) in [6, 6.07) is 9.80. The van der Waals surface area contributed by atoms with Crippen molar-refractivity contribution in [2.75, 3.05) is 5.32 Å². The van der Waals surface area contributed by atoms with Gasteiger partial charge in [0, 0.05) is 11.3 Å². The Morgan fingerprint density at radius 1 is 1.26 bits per heavy atom. The summed E-state index contributed by atoms with van der Waals surface area (Å²) in [5.74, 6) is 0.608. The number of anilines is 1. The molecule has 1 unspecified atom stereocenters. The molecule has 3 rings (SSSR count). The van der Waals surface area contributed by atoms with Crippen molar-refractivity contribution in [3.63, 3.8) is 0 Å². The maximum Gasteiger partial charge on any atom is 0.321 e. The summed E-state index contributed by atoms with van der Waals surface area (Å²) in [5, 5.41) is 8.69. The molecule has 1 aliphatic carbocycles. The van der Waals surface area contributed by atoms with Gasteiger partial charge >= 0.3 is 6.03 Å². The fourth-order valence-electron chi connectivity index (χ4n) is 2.62. The van der Waals surface area contributed by atoms with Gasteiger partial charge in [-0.25, -0.2) is 9.78 Å². The highest BCUT2D eigenvalue weighted by Gasteiger charge is 2.29. The van der Waals surface area contributed by atoms with Crippen molar-refractivity contribution in [2.45, 2.75) is 45.6 Å². The number of rotatable bonds is 4. The van der Waals surface area contributed by atoms with Crippen molar-refractivity contribution >= 4 is 22.5 Å². The number of aromatic nitrogens is 1. The van der Waals surface area contributed by atoms with Crippen molar-refractivity contribution in [1.82, 2.24) is 10.3 Å². The minimum atomic E-state index is -0.203. The van der Waals surface area contributed by atoms with Crippen molar-refractivity contribution in [3.8, 4) is 0 Å². The number of hydrogen-bond acceptors (Lipinski definition) is 3. The highest BCUT2D eigenvalue weighted by molar-refractivity contribution is 7.13. The van der Waals surface area contributed by atoms with E-state index in [2.05, 4.69) is 36.4 Å². The largest absolute Gasteiger partial charge is 0.330 e. The molecule has 4 nitrogen and oxygen atoms in total. The number of nitrogens with one attached hydrogen (secondary N) is 2. The van der Waals surface area contributed by atoms with E-state index >= 15 is 0 Å². The summed E-state index contributed by atoms with van der Waals surface area (Å²) in [4.78, 5) is 16.9. The lowest BCUT2D eigenvalue weighted by Gasteiger charge is -2.31. The molecule has 1 aliphatic rings. The number of nitrogens with zero attached hydrogens (tertiary/aromatic N) is 1. The molecule has 0 saturated heterocycles. The molecule has 122 valence electrons. The Balaban J connectivity index is 1.67. The van der Waals surface area contributed by atoms with Gasteiger partial charge < -0.3 is 5.32 Å². The fourth-order valence-corrected chi connectivity index (χ4v) is 3.41. The lowest BCUT2D eigenvalue weighted by molar-refractivity contribution is 0.229. The van der Waals surface area contributed by atoms with Gasteiger partial charge in [-0.05, 0) is 23.8 Å². The molecule has 1 atom stereocenters. The Bertz CT molecular complexity index is 671. The van der Waals surface area contributed by atoms with E-state index in [0.29, 0.717) is 11.0 Å². The third-order valence-electron chi connectivity index (χ3n) is 4.01. The first-order chi connectivity index (χ1) is 10.9. The van der Waals surface area contributed by atoms with Crippen LogP contribution in [0.3, 0.4) is 0 Å². The second kappa shape index (κ2) is 6.32. The zero-order valence-electron chi connectivity index (χ0n) is 13.8. The summed E-state index contributed by atoms with van der Waals surface area (Å²) in [5.41, 5.74) is 2.13. The van der Waals surface area contributed by atoms with Crippen molar-refractivity contribution < 1.29 is 4.79 Å². The molecule has 0 bridgehead atoms. The number of thiazole rings is 1. The predicted molar refractivity (Wildman–Crippen MR) is 94.9 cm³/mol. The van der Waals surface area contributed by atoms with Gasteiger partial charge in [0.15, 0.2) is 5.13 Å². The monoisotopic (exact) mass is 329 g/mol. The molecule has 2 amide bonds. The zero-order chi connectivity index (χ0) is 16.4. The minimum absolute atomic E-state index is 0.0634. The van der Waals surface area contributed by atoms with Crippen molar-refractivity contribution in [1.29, 1.82) is 0 Å². The van der Waals surface area contributed by atoms with Crippen LogP contribution in [0.25, 0.3) is 0 Å². The number of benzene rings is 1. The lowest BCUT2D eigenvalue weighted by Crippen LogP contribution is -2.39. The molecule has 0 spiro atoms. The van der Waals surface area contributed by atoms with E-state index in [1.165, 1.54) is 24.2 Å². The average Bonchev–Trinajstić information content (AvgIpc) is 3.25. The molecule has 1 fully saturated rings. The molecule has 1 heterocycles. The smallest absolute Gasteiger partial charge is 0.321 e. The first-order valence-electron chi connectivity index (χ1n) is 8.01. The van der Waals surface area contributed by atoms with Gasteiger partial charge in [0.05, 0.1) is 11.7 Å². The van der Waals surface area contributed by atoms with E-state index in [1.807, 2.05) is 35.7 Å². The molecule has 1 aromatic carbocycles.